The number of aromatic nitrogens is 4. The molecule has 0 atom stereocenters. The topological polar surface area (TPSA) is 108 Å². The molecule has 0 radical (unpaired) electrons. The molecule has 0 aliphatic rings. The summed E-state index contributed by atoms with van der Waals surface area (Å²) < 4.78 is 47.3. The third kappa shape index (κ3) is 5.38. The summed E-state index contributed by atoms with van der Waals surface area (Å²) >= 11 is 0. The van der Waals surface area contributed by atoms with Crippen LogP contribution in [0.3, 0.4) is 0 Å². The SMILES string of the molecule is COc1ccc(F)c(CONC(=O)c2nncc(-c3ccc(OC(F)F)nc3)n2)c1. The molecule has 9 nitrogen and oxygen atoms in total. The maximum Gasteiger partial charge on any atom is 0.388 e. The first-order chi connectivity index (χ1) is 14.5. The predicted molar refractivity (Wildman–Crippen MR) is 94.9 cm³/mol. The van der Waals surface area contributed by atoms with Crippen molar-refractivity contribution < 1.29 is 32.3 Å². The average molecular weight is 421 g/mol. The first kappa shape index (κ1) is 20.9. The molecule has 12 heteroatoms. The number of ether oxygens (including phenoxy) is 2. The summed E-state index contributed by atoms with van der Waals surface area (Å²) in [6, 6.07) is 6.72. The first-order valence-electron chi connectivity index (χ1n) is 8.31. The number of alkyl halides is 2. The zero-order valence-corrected chi connectivity index (χ0v) is 15.4. The van der Waals surface area contributed by atoms with Crippen molar-refractivity contribution in [2.45, 2.75) is 13.2 Å². The van der Waals surface area contributed by atoms with Crippen molar-refractivity contribution in [2.24, 2.45) is 0 Å². The van der Waals surface area contributed by atoms with Gasteiger partial charge in [-0.2, -0.15) is 13.9 Å². The van der Waals surface area contributed by atoms with Gasteiger partial charge in [0.15, 0.2) is 0 Å². The van der Waals surface area contributed by atoms with Crippen LogP contribution in [0.4, 0.5) is 13.2 Å². The van der Waals surface area contributed by atoms with E-state index in [0.717, 1.165) is 0 Å². The summed E-state index contributed by atoms with van der Waals surface area (Å²) in [6.07, 6.45) is 2.49. The van der Waals surface area contributed by atoms with Crippen LogP contribution in [0.15, 0.2) is 42.7 Å². The van der Waals surface area contributed by atoms with Crippen LogP contribution in [-0.4, -0.2) is 39.8 Å². The van der Waals surface area contributed by atoms with Crippen LogP contribution >= 0.6 is 0 Å². The van der Waals surface area contributed by atoms with E-state index < -0.39 is 18.3 Å². The lowest BCUT2D eigenvalue weighted by Crippen LogP contribution is -2.26. The fourth-order valence-electron chi connectivity index (χ4n) is 2.25. The highest BCUT2D eigenvalue weighted by Crippen LogP contribution is 2.19. The summed E-state index contributed by atoms with van der Waals surface area (Å²) in [5.74, 6) is -1.52. The van der Waals surface area contributed by atoms with E-state index in [0.29, 0.717) is 11.3 Å². The van der Waals surface area contributed by atoms with Gasteiger partial charge >= 0.3 is 12.5 Å². The standard InChI is InChI=1S/C18H14F3N5O4/c1-28-12-3-4-13(19)11(6-12)9-29-26-17(27)16-24-14(8-23-25-16)10-2-5-15(22-7-10)30-18(20)21/h2-8,18H,9H2,1H3,(H,26,27). The summed E-state index contributed by atoms with van der Waals surface area (Å²) in [6.45, 7) is -3.26. The molecule has 1 amide bonds. The van der Waals surface area contributed by atoms with Crippen LogP contribution < -0.4 is 15.0 Å². The summed E-state index contributed by atoms with van der Waals surface area (Å²) in [5.41, 5.74) is 2.86. The van der Waals surface area contributed by atoms with Gasteiger partial charge in [0.05, 0.1) is 19.0 Å². The lowest BCUT2D eigenvalue weighted by atomic mass is 10.2. The van der Waals surface area contributed by atoms with Crippen molar-refractivity contribution in [3.8, 4) is 22.9 Å². The largest absolute Gasteiger partial charge is 0.497 e. The van der Waals surface area contributed by atoms with Gasteiger partial charge < -0.3 is 9.47 Å². The van der Waals surface area contributed by atoms with Crippen LogP contribution in [0.5, 0.6) is 11.6 Å². The van der Waals surface area contributed by atoms with Gasteiger partial charge in [0, 0.05) is 23.4 Å². The van der Waals surface area contributed by atoms with E-state index in [4.69, 9.17) is 9.57 Å². The number of halogens is 3. The fraction of sp³-hybridized carbons (Fsp3) is 0.167. The van der Waals surface area contributed by atoms with Crippen molar-refractivity contribution >= 4 is 5.91 Å². The highest BCUT2D eigenvalue weighted by atomic mass is 19.3. The number of nitrogens with zero attached hydrogens (tertiary/aromatic N) is 4. The average Bonchev–Trinajstić information content (AvgIpc) is 2.75. The number of amides is 1. The fourth-order valence-corrected chi connectivity index (χ4v) is 2.25. The summed E-state index contributed by atoms with van der Waals surface area (Å²) in [5, 5.41) is 7.27. The molecule has 0 unspecified atom stereocenters. The van der Waals surface area contributed by atoms with E-state index in [1.807, 2.05) is 0 Å². The second-order valence-electron chi connectivity index (χ2n) is 5.61. The molecule has 156 valence electrons. The summed E-state index contributed by atoms with van der Waals surface area (Å²) in [4.78, 5) is 24.9. The van der Waals surface area contributed by atoms with E-state index >= 15 is 0 Å². The van der Waals surface area contributed by atoms with Gasteiger partial charge in [-0.1, -0.05) is 0 Å². The van der Waals surface area contributed by atoms with Gasteiger partial charge in [0.2, 0.25) is 11.7 Å². The second-order valence-corrected chi connectivity index (χ2v) is 5.61. The number of hydroxylamine groups is 1. The molecule has 0 fully saturated rings. The Kier molecular flexibility index (Phi) is 6.70. The molecule has 2 heterocycles. The van der Waals surface area contributed by atoms with Gasteiger partial charge in [-0.05, 0) is 24.3 Å². The number of hydrogen-bond donors (Lipinski definition) is 1. The molecule has 30 heavy (non-hydrogen) atoms. The van der Waals surface area contributed by atoms with Crippen molar-refractivity contribution in [3.63, 3.8) is 0 Å². The number of pyridine rings is 1. The number of carbonyl (C=O) groups excluding carboxylic acids is 1. The molecule has 0 saturated carbocycles. The van der Waals surface area contributed by atoms with Crippen LogP contribution in [0, 0.1) is 5.82 Å². The Morgan fingerprint density at radius 3 is 2.73 bits per heavy atom. The minimum atomic E-state index is -3.00. The number of hydrogen-bond acceptors (Lipinski definition) is 8. The minimum absolute atomic E-state index is 0.166. The monoisotopic (exact) mass is 421 g/mol. The highest BCUT2D eigenvalue weighted by molar-refractivity contribution is 5.89. The van der Waals surface area contributed by atoms with E-state index in [9.17, 15) is 18.0 Å². The molecule has 0 bridgehead atoms. The number of benzene rings is 1. The van der Waals surface area contributed by atoms with Gasteiger partial charge in [-0.25, -0.2) is 19.8 Å². The van der Waals surface area contributed by atoms with Gasteiger partial charge in [-0.3, -0.25) is 9.63 Å². The van der Waals surface area contributed by atoms with Crippen LogP contribution in [0.1, 0.15) is 16.2 Å². The van der Waals surface area contributed by atoms with Gasteiger partial charge in [0.25, 0.3) is 0 Å². The quantitative estimate of drug-likeness (QED) is 0.553. The number of methoxy groups -OCH3 is 1. The molecule has 3 rings (SSSR count). The van der Waals surface area contributed by atoms with Crippen molar-refractivity contribution in [1.82, 2.24) is 25.6 Å². The third-order valence-corrected chi connectivity index (χ3v) is 3.65. The molecular weight excluding hydrogens is 407 g/mol. The predicted octanol–water partition coefficient (Wildman–Crippen LogP) is 2.54. The Labute approximate surface area is 167 Å². The van der Waals surface area contributed by atoms with E-state index in [1.54, 1.807) is 0 Å². The Hall–Kier alpha value is -3.80. The normalized spacial score (nSPS) is 10.7. The summed E-state index contributed by atoms with van der Waals surface area (Å²) in [7, 11) is 1.44. The molecule has 2 aromatic heterocycles. The van der Waals surface area contributed by atoms with Crippen molar-refractivity contribution in [3.05, 3.63) is 59.9 Å². The van der Waals surface area contributed by atoms with Crippen LogP contribution in [0.25, 0.3) is 11.3 Å². The zero-order chi connectivity index (χ0) is 21.5. The molecule has 0 aliphatic heterocycles. The second kappa shape index (κ2) is 9.60. The Morgan fingerprint density at radius 1 is 1.20 bits per heavy atom. The Morgan fingerprint density at radius 2 is 2.03 bits per heavy atom. The Balaban J connectivity index is 1.63. The van der Waals surface area contributed by atoms with Crippen molar-refractivity contribution in [2.75, 3.05) is 7.11 Å². The van der Waals surface area contributed by atoms with Crippen LogP contribution in [0.2, 0.25) is 0 Å². The zero-order valence-electron chi connectivity index (χ0n) is 15.4. The minimum Gasteiger partial charge on any atom is -0.497 e. The third-order valence-electron chi connectivity index (χ3n) is 3.65. The van der Waals surface area contributed by atoms with Crippen molar-refractivity contribution in [1.29, 1.82) is 0 Å². The number of carbonyl (C=O) groups is 1. The van der Waals surface area contributed by atoms with E-state index in [1.165, 1.54) is 49.8 Å². The molecule has 0 spiro atoms. The number of nitrogens with one attached hydrogen (secondary N) is 1. The number of rotatable bonds is 8. The van der Waals surface area contributed by atoms with Gasteiger partial charge in [0.1, 0.15) is 18.2 Å². The molecule has 0 aliphatic carbocycles. The van der Waals surface area contributed by atoms with Crippen LogP contribution in [-0.2, 0) is 11.4 Å². The lowest BCUT2D eigenvalue weighted by Gasteiger charge is -2.08. The highest BCUT2D eigenvalue weighted by Gasteiger charge is 2.14. The van der Waals surface area contributed by atoms with E-state index in [2.05, 4.69) is 30.4 Å². The first-order valence-corrected chi connectivity index (χ1v) is 8.31. The van der Waals surface area contributed by atoms with E-state index in [-0.39, 0.29) is 29.6 Å². The smallest absolute Gasteiger partial charge is 0.388 e. The molecule has 3 aromatic rings. The lowest BCUT2D eigenvalue weighted by molar-refractivity contribution is -0.0528. The molecule has 0 saturated heterocycles. The maximum absolute atomic E-state index is 13.8. The molecular formula is C18H14F3N5O4. The Bertz CT molecular complexity index is 1020. The maximum atomic E-state index is 13.8. The van der Waals surface area contributed by atoms with Gasteiger partial charge in [-0.15, -0.1) is 5.10 Å². The molecule has 1 aromatic carbocycles. The molecule has 1 N–H and O–H groups in total.